The molecule has 0 spiro atoms. The average molecular weight is 452 g/mol. The summed E-state index contributed by atoms with van der Waals surface area (Å²) in [5.41, 5.74) is 4.83. The number of benzene rings is 3. The molecule has 0 radical (unpaired) electrons. The maximum atomic E-state index is 13.9. The number of ether oxygens (including phenoxy) is 1. The fraction of sp³-hybridized carbons (Fsp3) is 0.276. The van der Waals surface area contributed by atoms with E-state index in [-0.39, 0.29) is 23.8 Å². The molecule has 5 nitrogen and oxygen atoms in total. The molecule has 0 saturated carbocycles. The van der Waals surface area contributed by atoms with Crippen LogP contribution in [-0.2, 0) is 19.7 Å². The van der Waals surface area contributed by atoms with E-state index in [9.17, 15) is 14.4 Å². The molecule has 0 aromatic heterocycles. The summed E-state index contributed by atoms with van der Waals surface area (Å²) in [5, 5.41) is 0. The molecule has 7 rings (SSSR count). The monoisotopic (exact) mass is 451 g/mol. The van der Waals surface area contributed by atoms with Crippen molar-refractivity contribution in [2.75, 3.05) is 4.90 Å². The quantitative estimate of drug-likeness (QED) is 0.423. The minimum absolute atomic E-state index is 0.152. The highest BCUT2D eigenvalue weighted by molar-refractivity contribution is 6.23. The van der Waals surface area contributed by atoms with E-state index < -0.39 is 23.2 Å². The molecule has 1 aliphatic heterocycles. The number of hydrogen-bond donors (Lipinski definition) is 0. The normalized spacial score (nSPS) is 26.4. The van der Waals surface area contributed by atoms with E-state index in [1.807, 2.05) is 24.3 Å². The fourth-order valence-corrected chi connectivity index (χ4v) is 6.43. The lowest BCUT2D eigenvalue weighted by molar-refractivity contribution is -0.123. The molecule has 34 heavy (non-hydrogen) atoms. The summed E-state index contributed by atoms with van der Waals surface area (Å²) in [6.45, 7) is 5.69. The molecule has 0 N–H and O–H groups in total. The molecule has 2 bridgehead atoms. The van der Waals surface area contributed by atoms with Crippen LogP contribution in [0.25, 0.3) is 0 Å². The Morgan fingerprint density at radius 3 is 1.97 bits per heavy atom. The summed E-state index contributed by atoms with van der Waals surface area (Å²) < 4.78 is 5.26. The minimum atomic E-state index is -0.588. The van der Waals surface area contributed by atoms with Crippen molar-refractivity contribution in [3.05, 3.63) is 101 Å². The summed E-state index contributed by atoms with van der Waals surface area (Å²) in [4.78, 5) is 41.4. The van der Waals surface area contributed by atoms with Gasteiger partial charge in [0.1, 0.15) is 0 Å². The maximum absolute atomic E-state index is 13.9. The topological polar surface area (TPSA) is 63.7 Å². The van der Waals surface area contributed by atoms with E-state index in [0.717, 1.165) is 22.3 Å². The highest BCUT2D eigenvalue weighted by atomic mass is 16.5. The second-order valence-electron chi connectivity index (χ2n) is 9.87. The van der Waals surface area contributed by atoms with Crippen molar-refractivity contribution in [3.63, 3.8) is 0 Å². The first-order chi connectivity index (χ1) is 16.3. The van der Waals surface area contributed by atoms with Crippen LogP contribution < -0.4 is 4.90 Å². The lowest BCUT2D eigenvalue weighted by Crippen LogP contribution is -2.51. The van der Waals surface area contributed by atoms with Crippen molar-refractivity contribution in [1.29, 1.82) is 0 Å². The van der Waals surface area contributed by atoms with Gasteiger partial charge in [-0.15, -0.1) is 0 Å². The first kappa shape index (κ1) is 20.8. The molecular weight excluding hydrogens is 426 g/mol. The predicted molar refractivity (Wildman–Crippen MR) is 128 cm³/mol. The summed E-state index contributed by atoms with van der Waals surface area (Å²) in [6, 6.07) is 23.0. The Kier molecular flexibility index (Phi) is 4.37. The lowest BCUT2D eigenvalue weighted by atomic mass is 9.48. The highest BCUT2D eigenvalue weighted by Crippen LogP contribution is 2.64. The Hall–Kier alpha value is -3.73. The Balaban J connectivity index is 1.45. The molecule has 0 unspecified atom stereocenters. The molecule has 3 aliphatic carbocycles. The van der Waals surface area contributed by atoms with E-state index in [1.54, 1.807) is 38.1 Å². The summed E-state index contributed by atoms with van der Waals surface area (Å²) in [6.07, 6.45) is -0.225. The zero-order valence-electron chi connectivity index (χ0n) is 19.3. The third-order valence-electron chi connectivity index (χ3n) is 7.75. The van der Waals surface area contributed by atoms with Crippen molar-refractivity contribution >= 4 is 23.5 Å². The van der Waals surface area contributed by atoms with Crippen LogP contribution in [0.3, 0.4) is 0 Å². The molecule has 2 atom stereocenters. The van der Waals surface area contributed by atoms with Gasteiger partial charge < -0.3 is 4.74 Å². The molecular formula is C29H25NO4. The van der Waals surface area contributed by atoms with Crippen molar-refractivity contribution in [3.8, 4) is 0 Å². The first-order valence-electron chi connectivity index (χ1n) is 11.7. The first-order valence-corrected chi connectivity index (χ1v) is 11.7. The second-order valence-corrected chi connectivity index (χ2v) is 9.87. The van der Waals surface area contributed by atoms with Gasteiger partial charge in [0.2, 0.25) is 11.8 Å². The smallest absolute Gasteiger partial charge is 0.338 e. The van der Waals surface area contributed by atoms with Crippen LogP contribution in [0.2, 0.25) is 0 Å². The predicted octanol–water partition coefficient (Wildman–Crippen LogP) is 4.82. The Bertz CT molecular complexity index is 1310. The average Bonchev–Trinajstić information content (AvgIpc) is 3.10. The van der Waals surface area contributed by atoms with E-state index in [0.29, 0.717) is 11.3 Å². The number of amides is 2. The minimum Gasteiger partial charge on any atom is -0.459 e. The molecule has 3 aromatic rings. The van der Waals surface area contributed by atoms with Crippen LogP contribution in [-0.4, -0.2) is 23.9 Å². The van der Waals surface area contributed by atoms with Gasteiger partial charge in [0, 0.05) is 11.3 Å². The summed E-state index contributed by atoms with van der Waals surface area (Å²) >= 11 is 0. The lowest BCUT2D eigenvalue weighted by Gasteiger charge is -2.52. The van der Waals surface area contributed by atoms with Crippen molar-refractivity contribution in [1.82, 2.24) is 0 Å². The standard InChI is InChI=1S/C29H25NO4/c1-16(2)34-28(33)17-12-14-18(15-13-17)30-26(31)24-23-19-8-4-6-10-21(19)29(3,25(24)27(30)32)22-11-7-5-9-20(22)23/h4-16,23-25H,1-3H3/t23?,24-,25+,29?/m1/s1. The van der Waals surface area contributed by atoms with Crippen LogP contribution in [0.5, 0.6) is 0 Å². The third kappa shape index (κ3) is 2.58. The van der Waals surface area contributed by atoms with Gasteiger partial charge in [-0.2, -0.15) is 0 Å². The number of carbonyl (C=O) groups excluding carboxylic acids is 3. The Morgan fingerprint density at radius 1 is 0.853 bits per heavy atom. The van der Waals surface area contributed by atoms with Crippen LogP contribution in [0, 0.1) is 11.8 Å². The number of esters is 1. The molecule has 1 saturated heterocycles. The zero-order chi connectivity index (χ0) is 23.8. The second kappa shape index (κ2) is 7.13. The van der Waals surface area contributed by atoms with Crippen molar-refractivity contribution < 1.29 is 19.1 Å². The van der Waals surface area contributed by atoms with Crippen molar-refractivity contribution in [2.24, 2.45) is 11.8 Å². The molecule has 170 valence electrons. The van der Waals surface area contributed by atoms with Gasteiger partial charge in [-0.25, -0.2) is 9.69 Å². The van der Waals surface area contributed by atoms with Gasteiger partial charge >= 0.3 is 5.97 Å². The molecule has 1 heterocycles. The van der Waals surface area contributed by atoms with Gasteiger partial charge in [0.05, 0.1) is 29.2 Å². The van der Waals surface area contributed by atoms with Crippen LogP contribution in [0.15, 0.2) is 72.8 Å². The zero-order valence-corrected chi connectivity index (χ0v) is 19.3. The number of rotatable bonds is 3. The number of hydrogen-bond acceptors (Lipinski definition) is 4. The SMILES string of the molecule is CC(C)OC(=O)c1ccc(N2C(=O)[C@@H]3C4c5ccccc5C(C)(c5ccccc54)[C@@H]3C2=O)cc1. The molecule has 3 aromatic carbocycles. The number of anilines is 1. The van der Waals surface area contributed by atoms with Gasteiger partial charge in [-0.3, -0.25) is 9.59 Å². The summed E-state index contributed by atoms with van der Waals surface area (Å²) in [5.74, 6) is -1.85. The van der Waals surface area contributed by atoms with E-state index in [2.05, 4.69) is 31.2 Å². The molecule has 5 heteroatoms. The molecule has 4 aliphatic rings. The van der Waals surface area contributed by atoms with Gasteiger partial charge in [0.25, 0.3) is 0 Å². The highest BCUT2D eigenvalue weighted by Gasteiger charge is 2.66. The number of nitrogens with zero attached hydrogens (tertiary/aromatic N) is 1. The van der Waals surface area contributed by atoms with E-state index in [1.165, 1.54) is 4.90 Å². The number of imide groups is 1. The molecule has 1 fully saturated rings. The number of carbonyl (C=O) groups is 3. The van der Waals surface area contributed by atoms with Crippen LogP contribution in [0.1, 0.15) is 59.3 Å². The van der Waals surface area contributed by atoms with Gasteiger partial charge in [-0.1, -0.05) is 55.5 Å². The van der Waals surface area contributed by atoms with Crippen LogP contribution >= 0.6 is 0 Å². The largest absolute Gasteiger partial charge is 0.459 e. The van der Waals surface area contributed by atoms with E-state index >= 15 is 0 Å². The fourth-order valence-electron chi connectivity index (χ4n) is 6.43. The maximum Gasteiger partial charge on any atom is 0.338 e. The Labute approximate surface area is 198 Å². The van der Waals surface area contributed by atoms with Gasteiger partial charge in [-0.05, 0) is 60.4 Å². The summed E-state index contributed by atoms with van der Waals surface area (Å²) in [7, 11) is 0. The van der Waals surface area contributed by atoms with Crippen molar-refractivity contribution in [2.45, 2.75) is 38.2 Å². The van der Waals surface area contributed by atoms with E-state index in [4.69, 9.17) is 4.74 Å². The Morgan fingerprint density at radius 2 is 1.41 bits per heavy atom. The third-order valence-corrected chi connectivity index (χ3v) is 7.75. The van der Waals surface area contributed by atoms with Gasteiger partial charge in [0.15, 0.2) is 0 Å². The van der Waals surface area contributed by atoms with Crippen LogP contribution in [0.4, 0.5) is 5.69 Å². The molecule has 2 amide bonds.